The Morgan fingerprint density at radius 1 is 0.672 bits per heavy atom. The predicted molar refractivity (Wildman–Crippen MR) is 257 cm³/mol. The van der Waals surface area contributed by atoms with Crippen molar-refractivity contribution in [1.82, 2.24) is 9.97 Å². The van der Waals surface area contributed by atoms with Crippen molar-refractivity contribution in [2.75, 3.05) is 53.2 Å². The molecule has 0 atom stereocenters. The normalized spacial score (nSPS) is 18.4. The summed E-state index contributed by atoms with van der Waals surface area (Å²) in [4.78, 5) is 24.6. The Labute approximate surface area is 407 Å². The van der Waals surface area contributed by atoms with E-state index in [4.69, 9.17) is 52.1 Å². The Hall–Kier alpha value is -3.80. The van der Waals surface area contributed by atoms with Gasteiger partial charge in [-0.1, -0.05) is 70.7 Å². The van der Waals surface area contributed by atoms with Crippen LogP contribution < -0.4 is 15.5 Å². The highest BCUT2D eigenvalue weighted by atomic mass is 35.5. The number of ketones is 1. The molecule has 4 fully saturated rings. The van der Waals surface area contributed by atoms with Gasteiger partial charge in [0.1, 0.15) is 17.1 Å². The fourth-order valence-electron chi connectivity index (χ4n) is 8.43. The van der Waals surface area contributed by atoms with Crippen LogP contribution in [0.15, 0.2) is 70.5 Å². The van der Waals surface area contributed by atoms with Gasteiger partial charge < -0.3 is 20.5 Å². The fourth-order valence-corrected chi connectivity index (χ4v) is 13.3. The number of carbonyl (C=O) groups is 1. The summed E-state index contributed by atoms with van der Waals surface area (Å²) in [6.07, 6.45) is 3.37. The van der Waals surface area contributed by atoms with Crippen LogP contribution in [-0.4, -0.2) is 82.1 Å². The molecule has 0 spiro atoms. The summed E-state index contributed by atoms with van der Waals surface area (Å²) in [6, 6.07) is 16.5. The Morgan fingerprint density at radius 2 is 1.12 bits per heavy atom. The first kappa shape index (κ1) is 49.6. The second-order valence-electron chi connectivity index (χ2n) is 18.2. The van der Waals surface area contributed by atoms with Crippen molar-refractivity contribution in [2.24, 2.45) is 11.8 Å². The topological polar surface area (TPSA) is 147 Å². The minimum atomic E-state index is -3.30. The summed E-state index contributed by atoms with van der Waals surface area (Å²) >= 11 is 26.0. The number of aromatic amines is 1. The van der Waals surface area contributed by atoms with E-state index < -0.39 is 31.5 Å². The molecule has 0 bridgehead atoms. The maximum atomic E-state index is 13.6. The summed E-state index contributed by atoms with van der Waals surface area (Å²) in [5.74, 6) is -3.91. The zero-order valence-corrected chi connectivity index (χ0v) is 40.9. The molecule has 20 heteroatoms. The van der Waals surface area contributed by atoms with Crippen LogP contribution in [0.1, 0.15) is 73.9 Å². The summed E-state index contributed by atoms with van der Waals surface area (Å²) in [5, 5.41) is 1.15. The number of nitrogens with one attached hydrogen (secondary N) is 1. The van der Waals surface area contributed by atoms with E-state index in [9.17, 15) is 39.2 Å². The van der Waals surface area contributed by atoms with Gasteiger partial charge in [0.25, 0.3) is 11.8 Å². The zero-order valence-electron chi connectivity index (χ0n) is 36.2. The van der Waals surface area contributed by atoms with Crippen LogP contribution in [0.25, 0.3) is 11.0 Å². The molecule has 4 aromatic carbocycles. The third-order valence-electron chi connectivity index (χ3n) is 12.7. The van der Waals surface area contributed by atoms with Crippen molar-refractivity contribution in [1.29, 1.82) is 0 Å². The average molecular weight is 1050 g/mol. The third kappa shape index (κ3) is 12.2. The molecule has 2 saturated heterocycles. The molecular weight excluding hydrogens is 996 g/mol. The Bertz CT molecular complexity index is 2880. The Balaban J connectivity index is 0.000000182. The number of anilines is 3. The highest BCUT2D eigenvalue weighted by Gasteiger charge is 2.37. The van der Waals surface area contributed by atoms with E-state index in [-0.39, 0.29) is 109 Å². The second-order valence-corrected chi connectivity index (χ2v) is 23.8. The number of benzene rings is 4. The molecule has 3 N–H and O–H groups in total. The van der Waals surface area contributed by atoms with Gasteiger partial charge in [0, 0.05) is 71.1 Å². The van der Waals surface area contributed by atoms with Crippen LogP contribution in [0.3, 0.4) is 0 Å². The number of hydrogen-bond acceptors (Lipinski definition) is 9. The number of hydrogen-bond donors (Lipinski definition) is 2. The van der Waals surface area contributed by atoms with Crippen molar-refractivity contribution >= 4 is 100.0 Å². The lowest BCUT2D eigenvalue weighted by Crippen LogP contribution is -2.39. The lowest BCUT2D eigenvalue weighted by Gasteiger charge is -2.34. The van der Waals surface area contributed by atoms with Crippen LogP contribution in [0.2, 0.25) is 20.1 Å². The first-order chi connectivity index (χ1) is 31.6. The molecule has 9 rings (SSSR count). The lowest BCUT2D eigenvalue weighted by atomic mass is 10.00. The number of halogens is 8. The van der Waals surface area contributed by atoms with E-state index in [0.29, 0.717) is 66.6 Å². The van der Waals surface area contributed by atoms with Crippen molar-refractivity contribution < 1.29 is 39.2 Å². The van der Waals surface area contributed by atoms with E-state index in [2.05, 4.69) is 9.97 Å². The number of nitrogen functional groups attached to an aromatic ring is 1. The van der Waals surface area contributed by atoms with Crippen molar-refractivity contribution in [2.45, 2.75) is 92.3 Å². The van der Waals surface area contributed by atoms with Crippen LogP contribution in [-0.2, 0) is 43.7 Å². The molecule has 10 nitrogen and oxygen atoms in total. The van der Waals surface area contributed by atoms with Crippen LogP contribution in [0.4, 0.5) is 34.6 Å². The standard InChI is InChI=1S/C24H26Cl2F2N2O3S.C23H23Cl2F2N3O2S/c25-20-13-17(22(29)21(26)23(20)30-9-7-24(27,28)8-10-30)12-18(31)11-15-3-5-19(6-4-15)34(32,33)14-16-1-2-16;24-17-12-18-21(20(25)22(17)30-9-7-23(26,27)8-10-30)29-19(28-18)11-14-3-5-16(6-4-14)33(31,32)13-15-1-2-15/h3-6,13,16H,1-2,7-12,14,29H2;3-6,12,15H,1-2,7-11,13H2,(H,28,29). The van der Waals surface area contributed by atoms with E-state index in [1.54, 1.807) is 70.5 Å². The van der Waals surface area contributed by atoms with Gasteiger partial charge in [-0.2, -0.15) is 0 Å². The molecule has 0 amide bonds. The van der Waals surface area contributed by atoms with Crippen LogP contribution >= 0.6 is 46.4 Å². The molecule has 2 aliphatic heterocycles. The largest absolute Gasteiger partial charge is 0.397 e. The number of carbonyl (C=O) groups excluding carboxylic acids is 1. The fraction of sp³-hybridized carbons (Fsp3) is 0.447. The average Bonchev–Trinajstić information content (AvgIpc) is 4.20. The number of aromatic nitrogens is 2. The number of Topliss-reactive ketones (excluding diaryl/α,β-unsaturated/α-hetero) is 1. The van der Waals surface area contributed by atoms with Crippen LogP contribution in [0, 0.1) is 11.8 Å². The summed E-state index contributed by atoms with van der Waals surface area (Å²) in [5.41, 5.74) is 10.6. The highest BCUT2D eigenvalue weighted by molar-refractivity contribution is 7.91. The SMILES string of the molecule is Nc1c(CC(=O)Cc2ccc(S(=O)(=O)CC3CC3)cc2)cc(Cl)c(N2CCC(F)(F)CC2)c1Cl.O=S(=O)(CC1CC1)c1ccc(Cc2nc3c(Cl)c(N4CCC(F)(F)CC4)c(Cl)cc3[nH]2)cc1. The maximum absolute atomic E-state index is 13.6. The number of piperidine rings is 2. The zero-order chi connectivity index (χ0) is 48.1. The van der Waals surface area contributed by atoms with Crippen molar-refractivity contribution in [3.8, 4) is 0 Å². The molecule has 0 radical (unpaired) electrons. The van der Waals surface area contributed by atoms with Gasteiger partial charge in [-0.25, -0.2) is 39.4 Å². The summed E-state index contributed by atoms with van der Waals surface area (Å²) in [6.45, 7) is 0.559. The predicted octanol–water partition coefficient (Wildman–Crippen LogP) is 11.2. The van der Waals surface area contributed by atoms with Gasteiger partial charge in [-0.05, 0) is 90.6 Å². The molecule has 5 aromatic rings. The number of H-pyrrole nitrogens is 1. The van der Waals surface area contributed by atoms with Gasteiger partial charge in [0.2, 0.25) is 0 Å². The number of imidazole rings is 1. The van der Waals surface area contributed by atoms with E-state index in [0.717, 1.165) is 31.2 Å². The number of rotatable bonds is 14. The minimum Gasteiger partial charge on any atom is -0.397 e. The molecule has 1 aromatic heterocycles. The Kier molecular flexibility index (Phi) is 14.5. The number of nitrogens with zero attached hydrogens (tertiary/aromatic N) is 3. The second kappa shape index (κ2) is 19.5. The van der Waals surface area contributed by atoms with E-state index >= 15 is 0 Å². The summed E-state index contributed by atoms with van der Waals surface area (Å²) in [7, 11) is -6.55. The maximum Gasteiger partial charge on any atom is 0.251 e. The minimum absolute atomic E-state index is 0.00858. The molecular formula is C47H49Cl4F4N5O5S2. The van der Waals surface area contributed by atoms with E-state index in [1.807, 2.05) is 0 Å². The number of nitrogens with two attached hydrogens (primary N) is 1. The number of fused-ring (bicyclic) bond motifs is 1. The molecule has 3 heterocycles. The van der Waals surface area contributed by atoms with Gasteiger partial charge in [0.15, 0.2) is 19.7 Å². The smallest absolute Gasteiger partial charge is 0.251 e. The van der Waals surface area contributed by atoms with Gasteiger partial charge >= 0.3 is 0 Å². The number of alkyl halides is 4. The quantitative estimate of drug-likeness (QED) is 0.0819. The number of sulfone groups is 2. The highest BCUT2D eigenvalue weighted by Crippen LogP contribution is 2.44. The summed E-state index contributed by atoms with van der Waals surface area (Å²) < 4.78 is 104. The van der Waals surface area contributed by atoms with Gasteiger partial charge in [-0.3, -0.25) is 4.79 Å². The monoisotopic (exact) mass is 1040 g/mol. The molecule has 360 valence electrons. The first-order valence-electron chi connectivity index (χ1n) is 22.1. The van der Waals surface area contributed by atoms with Crippen LogP contribution in [0.5, 0.6) is 0 Å². The Morgan fingerprint density at radius 3 is 1.60 bits per heavy atom. The third-order valence-corrected chi connectivity index (χ3v) is 17.8. The molecule has 2 saturated carbocycles. The van der Waals surface area contributed by atoms with E-state index in [1.165, 1.54) is 0 Å². The molecule has 4 aliphatic rings. The lowest BCUT2D eigenvalue weighted by molar-refractivity contribution is -0.117. The molecule has 0 unspecified atom stereocenters. The van der Waals surface area contributed by atoms with Crippen molar-refractivity contribution in [3.05, 3.63) is 103 Å². The first-order valence-corrected chi connectivity index (χ1v) is 26.9. The molecule has 67 heavy (non-hydrogen) atoms. The molecule has 2 aliphatic carbocycles. The van der Waals surface area contributed by atoms with Crippen molar-refractivity contribution in [3.63, 3.8) is 0 Å². The van der Waals surface area contributed by atoms with Gasteiger partial charge in [0.05, 0.1) is 64.0 Å². The van der Waals surface area contributed by atoms with Gasteiger partial charge in [-0.15, -0.1) is 0 Å².